The third-order valence-electron chi connectivity index (χ3n) is 2.40. The maximum Gasteiger partial charge on any atom is 0.338 e. The summed E-state index contributed by atoms with van der Waals surface area (Å²) in [6.07, 6.45) is 3.13. The molecule has 0 aliphatic heterocycles. The van der Waals surface area contributed by atoms with Gasteiger partial charge in [-0.05, 0) is 31.0 Å². The zero-order valence-corrected chi connectivity index (χ0v) is 10.7. The van der Waals surface area contributed by atoms with Gasteiger partial charge in [0.15, 0.2) is 0 Å². The largest absolute Gasteiger partial charge is 0.462 e. The van der Waals surface area contributed by atoms with E-state index in [2.05, 4.69) is 12.2 Å². The highest BCUT2D eigenvalue weighted by Crippen LogP contribution is 2.12. The molecule has 0 aliphatic rings. The Morgan fingerprint density at radius 2 is 2.12 bits per heavy atom. The quantitative estimate of drug-likeness (QED) is 0.581. The van der Waals surface area contributed by atoms with Crippen LogP contribution in [0.1, 0.15) is 43.5 Å². The van der Waals surface area contributed by atoms with Crippen LogP contribution in [0.4, 0.5) is 5.69 Å². The fourth-order valence-corrected chi connectivity index (χ4v) is 1.44. The molecule has 1 N–H and O–H groups in total. The van der Waals surface area contributed by atoms with Crippen LogP contribution >= 0.6 is 0 Å². The minimum Gasteiger partial charge on any atom is -0.462 e. The Kier molecular flexibility index (Phi) is 6.15. The number of unbranched alkanes of at least 4 members (excludes halogenated alkanes) is 1. The summed E-state index contributed by atoms with van der Waals surface area (Å²) in [6, 6.07) is 7.46. The van der Waals surface area contributed by atoms with Crippen LogP contribution in [0.15, 0.2) is 24.3 Å². The predicted octanol–water partition coefficient (Wildman–Crippen LogP) is 3.47. The van der Waals surface area contributed by atoms with E-state index in [1.807, 2.05) is 25.1 Å². The van der Waals surface area contributed by atoms with Gasteiger partial charge in [0.25, 0.3) is 0 Å². The zero-order valence-electron chi connectivity index (χ0n) is 10.7. The number of rotatable bonds is 7. The van der Waals surface area contributed by atoms with Gasteiger partial charge < -0.3 is 10.1 Å². The number of carbonyl (C=O) groups excluding carboxylic acids is 1. The van der Waals surface area contributed by atoms with Gasteiger partial charge in [0, 0.05) is 12.2 Å². The van der Waals surface area contributed by atoms with Crippen molar-refractivity contribution in [1.29, 1.82) is 0 Å². The summed E-state index contributed by atoms with van der Waals surface area (Å²) in [7, 11) is 0. The van der Waals surface area contributed by atoms with Gasteiger partial charge >= 0.3 is 5.97 Å². The Bertz CT molecular complexity index is 350. The summed E-state index contributed by atoms with van der Waals surface area (Å²) in [5, 5.41) is 3.29. The van der Waals surface area contributed by atoms with Gasteiger partial charge in [0.1, 0.15) is 0 Å². The van der Waals surface area contributed by atoms with Crippen molar-refractivity contribution in [3.05, 3.63) is 29.8 Å². The molecule has 0 saturated carbocycles. The van der Waals surface area contributed by atoms with Crippen molar-refractivity contribution < 1.29 is 9.53 Å². The Labute approximate surface area is 103 Å². The fraction of sp³-hybridized carbons (Fsp3) is 0.500. The predicted molar refractivity (Wildman–Crippen MR) is 70.4 cm³/mol. The SMILES string of the molecule is CCCCNc1cccc(C(=O)OCCC)c1. The molecular formula is C14H21NO2. The number of ether oxygens (including phenoxy) is 1. The molecule has 3 heteroatoms. The van der Waals surface area contributed by atoms with Crippen molar-refractivity contribution in [2.75, 3.05) is 18.5 Å². The van der Waals surface area contributed by atoms with Crippen LogP contribution in [0.25, 0.3) is 0 Å². The highest BCUT2D eigenvalue weighted by molar-refractivity contribution is 5.90. The normalized spacial score (nSPS) is 10.0. The van der Waals surface area contributed by atoms with E-state index >= 15 is 0 Å². The monoisotopic (exact) mass is 235 g/mol. The molecule has 17 heavy (non-hydrogen) atoms. The Morgan fingerprint density at radius 1 is 1.29 bits per heavy atom. The molecule has 1 rings (SSSR count). The minimum absolute atomic E-state index is 0.244. The zero-order chi connectivity index (χ0) is 12.5. The molecule has 0 saturated heterocycles. The van der Waals surface area contributed by atoms with Crippen LogP contribution in [0.2, 0.25) is 0 Å². The van der Waals surface area contributed by atoms with Crippen molar-refractivity contribution in [2.45, 2.75) is 33.1 Å². The lowest BCUT2D eigenvalue weighted by atomic mass is 10.2. The van der Waals surface area contributed by atoms with Crippen LogP contribution in [-0.2, 0) is 4.74 Å². The number of anilines is 1. The third-order valence-corrected chi connectivity index (χ3v) is 2.40. The van der Waals surface area contributed by atoms with Crippen LogP contribution < -0.4 is 5.32 Å². The lowest BCUT2D eigenvalue weighted by Gasteiger charge is -2.07. The van der Waals surface area contributed by atoms with E-state index in [0.29, 0.717) is 12.2 Å². The molecule has 94 valence electrons. The number of esters is 1. The first-order chi connectivity index (χ1) is 8.27. The summed E-state index contributed by atoms with van der Waals surface area (Å²) in [4.78, 5) is 11.6. The van der Waals surface area contributed by atoms with E-state index in [1.165, 1.54) is 0 Å². The summed E-state index contributed by atoms with van der Waals surface area (Å²) >= 11 is 0. The van der Waals surface area contributed by atoms with E-state index in [1.54, 1.807) is 6.07 Å². The molecule has 0 aromatic heterocycles. The summed E-state index contributed by atoms with van der Waals surface area (Å²) in [6.45, 7) is 5.55. The highest BCUT2D eigenvalue weighted by Gasteiger charge is 2.06. The molecule has 1 aromatic rings. The van der Waals surface area contributed by atoms with Crippen molar-refractivity contribution in [1.82, 2.24) is 0 Å². The highest BCUT2D eigenvalue weighted by atomic mass is 16.5. The molecular weight excluding hydrogens is 214 g/mol. The lowest BCUT2D eigenvalue weighted by molar-refractivity contribution is 0.0505. The second kappa shape index (κ2) is 7.71. The van der Waals surface area contributed by atoms with E-state index in [4.69, 9.17) is 4.74 Å². The van der Waals surface area contributed by atoms with E-state index < -0.39 is 0 Å². The van der Waals surface area contributed by atoms with Crippen molar-refractivity contribution in [3.63, 3.8) is 0 Å². The molecule has 0 heterocycles. The molecule has 1 aromatic carbocycles. The van der Waals surface area contributed by atoms with Gasteiger partial charge in [0.2, 0.25) is 0 Å². The molecule has 0 radical (unpaired) electrons. The van der Waals surface area contributed by atoms with Crippen molar-refractivity contribution in [2.24, 2.45) is 0 Å². The molecule has 0 unspecified atom stereocenters. The lowest BCUT2D eigenvalue weighted by Crippen LogP contribution is -2.07. The van der Waals surface area contributed by atoms with Gasteiger partial charge in [0.05, 0.1) is 12.2 Å². The van der Waals surface area contributed by atoms with E-state index in [0.717, 1.165) is 31.5 Å². The molecule has 0 atom stereocenters. The number of hydrogen-bond acceptors (Lipinski definition) is 3. The molecule has 0 fully saturated rings. The van der Waals surface area contributed by atoms with Crippen LogP contribution in [-0.4, -0.2) is 19.1 Å². The van der Waals surface area contributed by atoms with Gasteiger partial charge in [-0.25, -0.2) is 4.79 Å². The Morgan fingerprint density at radius 3 is 2.82 bits per heavy atom. The van der Waals surface area contributed by atoms with Gasteiger partial charge in [-0.1, -0.05) is 26.3 Å². The Hall–Kier alpha value is -1.51. The third kappa shape index (κ3) is 4.89. The molecule has 0 aliphatic carbocycles. The summed E-state index contributed by atoms with van der Waals surface area (Å²) in [5.41, 5.74) is 1.59. The maximum absolute atomic E-state index is 11.6. The summed E-state index contributed by atoms with van der Waals surface area (Å²) < 4.78 is 5.09. The average molecular weight is 235 g/mol. The standard InChI is InChI=1S/C14H21NO2/c1-3-5-9-15-13-8-6-7-12(11-13)14(16)17-10-4-2/h6-8,11,15H,3-5,9-10H2,1-2H3. The smallest absolute Gasteiger partial charge is 0.338 e. The maximum atomic E-state index is 11.6. The average Bonchev–Trinajstić information content (AvgIpc) is 2.36. The van der Waals surface area contributed by atoms with Crippen molar-refractivity contribution >= 4 is 11.7 Å². The molecule has 0 amide bonds. The second-order valence-corrected chi connectivity index (χ2v) is 4.00. The number of carbonyl (C=O) groups is 1. The van der Waals surface area contributed by atoms with E-state index in [9.17, 15) is 4.79 Å². The van der Waals surface area contributed by atoms with Crippen LogP contribution in [0.5, 0.6) is 0 Å². The van der Waals surface area contributed by atoms with Gasteiger partial charge in [-0.3, -0.25) is 0 Å². The van der Waals surface area contributed by atoms with Crippen LogP contribution in [0.3, 0.4) is 0 Å². The fourth-order valence-electron chi connectivity index (χ4n) is 1.44. The number of nitrogens with one attached hydrogen (secondary N) is 1. The van der Waals surface area contributed by atoms with E-state index in [-0.39, 0.29) is 5.97 Å². The number of benzene rings is 1. The molecule has 0 spiro atoms. The Balaban J connectivity index is 2.55. The first kappa shape index (κ1) is 13.6. The molecule has 0 bridgehead atoms. The topological polar surface area (TPSA) is 38.3 Å². The van der Waals surface area contributed by atoms with Gasteiger partial charge in [-0.2, -0.15) is 0 Å². The van der Waals surface area contributed by atoms with Crippen molar-refractivity contribution in [3.8, 4) is 0 Å². The summed E-state index contributed by atoms with van der Waals surface area (Å²) in [5.74, 6) is -0.244. The first-order valence-corrected chi connectivity index (χ1v) is 6.29. The first-order valence-electron chi connectivity index (χ1n) is 6.29. The van der Waals surface area contributed by atoms with Gasteiger partial charge in [-0.15, -0.1) is 0 Å². The number of hydrogen-bond donors (Lipinski definition) is 1. The van der Waals surface area contributed by atoms with Crippen LogP contribution in [0, 0.1) is 0 Å². The molecule has 3 nitrogen and oxygen atoms in total. The second-order valence-electron chi connectivity index (χ2n) is 4.00. The minimum atomic E-state index is -0.244.